The highest BCUT2D eigenvalue weighted by Crippen LogP contribution is 2.34. The van der Waals surface area contributed by atoms with E-state index in [2.05, 4.69) is 42.9 Å². The van der Waals surface area contributed by atoms with Crippen LogP contribution in [0.1, 0.15) is 65.0 Å². The van der Waals surface area contributed by atoms with Gasteiger partial charge in [-0.05, 0) is 50.8 Å². The second-order valence-electron chi connectivity index (χ2n) is 7.01. The second-order valence-corrected chi connectivity index (χ2v) is 7.41. The van der Waals surface area contributed by atoms with Crippen molar-refractivity contribution in [2.75, 3.05) is 13.2 Å². The monoisotopic (exact) mass is 378 g/mol. The maximum Gasteiger partial charge on any atom is 0.219 e. The van der Waals surface area contributed by atoms with Gasteiger partial charge in [0.05, 0.1) is 17.1 Å². The van der Waals surface area contributed by atoms with Gasteiger partial charge < -0.3 is 14.6 Å². The summed E-state index contributed by atoms with van der Waals surface area (Å²) in [7, 11) is 0. The van der Waals surface area contributed by atoms with Crippen molar-refractivity contribution < 1.29 is 9.53 Å². The Kier molecular flexibility index (Phi) is 7.83. The zero-order valence-corrected chi connectivity index (χ0v) is 17.2. The largest absolute Gasteiger partial charge is 0.492 e. The Morgan fingerprint density at radius 3 is 2.69 bits per heavy atom. The Morgan fingerprint density at radius 2 is 2.04 bits per heavy atom. The maximum absolute atomic E-state index is 11.7. The van der Waals surface area contributed by atoms with E-state index in [-0.39, 0.29) is 5.91 Å². The highest BCUT2D eigenvalue weighted by Gasteiger charge is 2.14. The Balaban J connectivity index is 2.26. The summed E-state index contributed by atoms with van der Waals surface area (Å²) in [6.07, 6.45) is 6.52. The fourth-order valence-corrected chi connectivity index (χ4v) is 3.25. The van der Waals surface area contributed by atoms with Crippen molar-refractivity contribution in [3.05, 3.63) is 28.9 Å². The molecule has 2 aromatic rings. The molecule has 0 aliphatic heterocycles. The molecule has 1 N–H and O–H groups in total. The van der Waals surface area contributed by atoms with Gasteiger partial charge in [0.1, 0.15) is 5.75 Å². The molecule has 26 heavy (non-hydrogen) atoms. The van der Waals surface area contributed by atoms with Gasteiger partial charge in [-0.15, -0.1) is 0 Å². The average Bonchev–Trinajstić information content (AvgIpc) is 2.93. The van der Waals surface area contributed by atoms with Crippen LogP contribution in [0.25, 0.3) is 10.9 Å². The molecule has 1 heterocycles. The van der Waals surface area contributed by atoms with Crippen molar-refractivity contribution >= 4 is 28.4 Å². The van der Waals surface area contributed by atoms with Gasteiger partial charge in [-0.2, -0.15) is 0 Å². The first kappa shape index (κ1) is 20.6. The number of nitrogens with zero attached hydrogens (tertiary/aromatic N) is 1. The van der Waals surface area contributed by atoms with Crippen LogP contribution in [0, 0.1) is 0 Å². The standard InChI is InChI=1S/C21H31ClN2O2/c1-5-7-11-26-20-12-17-16(9-10-23-21(25)8-6-2)14-24(15(3)4)19(17)13-18(20)22/h12-15H,5-11H2,1-4H3,(H,23,25). The molecule has 0 bridgehead atoms. The van der Waals surface area contributed by atoms with Gasteiger partial charge in [0.15, 0.2) is 0 Å². The fourth-order valence-electron chi connectivity index (χ4n) is 3.04. The summed E-state index contributed by atoms with van der Waals surface area (Å²) in [6.45, 7) is 9.79. The Labute approximate surface area is 161 Å². The van der Waals surface area contributed by atoms with Crippen LogP contribution in [0.2, 0.25) is 5.02 Å². The lowest BCUT2D eigenvalue weighted by Crippen LogP contribution is -2.25. The smallest absolute Gasteiger partial charge is 0.219 e. The van der Waals surface area contributed by atoms with Crippen LogP contribution < -0.4 is 10.1 Å². The van der Waals surface area contributed by atoms with Crippen molar-refractivity contribution in [2.24, 2.45) is 0 Å². The van der Waals surface area contributed by atoms with E-state index in [0.717, 1.165) is 42.3 Å². The molecule has 0 saturated carbocycles. The zero-order chi connectivity index (χ0) is 19.1. The normalized spacial score (nSPS) is 11.3. The number of hydrogen-bond donors (Lipinski definition) is 1. The third kappa shape index (κ3) is 5.16. The number of benzene rings is 1. The molecule has 4 nitrogen and oxygen atoms in total. The second kappa shape index (κ2) is 9.86. The molecule has 0 spiro atoms. The molecular weight excluding hydrogens is 348 g/mol. The highest BCUT2D eigenvalue weighted by molar-refractivity contribution is 6.32. The van der Waals surface area contributed by atoms with Crippen LogP contribution in [0.5, 0.6) is 5.75 Å². The van der Waals surface area contributed by atoms with Crippen molar-refractivity contribution in [1.82, 2.24) is 9.88 Å². The first-order valence-electron chi connectivity index (χ1n) is 9.70. The van der Waals surface area contributed by atoms with Crippen LogP contribution in [0.3, 0.4) is 0 Å². The number of hydrogen-bond acceptors (Lipinski definition) is 2. The molecular formula is C21H31ClN2O2. The number of nitrogens with one attached hydrogen (secondary N) is 1. The summed E-state index contributed by atoms with van der Waals surface area (Å²) < 4.78 is 8.11. The number of carbonyl (C=O) groups excluding carboxylic acids is 1. The lowest BCUT2D eigenvalue weighted by atomic mass is 10.1. The lowest BCUT2D eigenvalue weighted by Gasteiger charge is -2.11. The summed E-state index contributed by atoms with van der Waals surface area (Å²) >= 11 is 6.45. The molecule has 1 amide bonds. The molecule has 144 valence electrons. The van der Waals surface area contributed by atoms with Gasteiger partial charge >= 0.3 is 0 Å². The fraction of sp³-hybridized carbons (Fsp3) is 0.571. The average molecular weight is 379 g/mol. The SMILES string of the molecule is CCCCOc1cc2c(CCNC(=O)CCC)cn(C(C)C)c2cc1Cl. The summed E-state index contributed by atoms with van der Waals surface area (Å²) in [4.78, 5) is 11.7. The van der Waals surface area contributed by atoms with E-state index in [4.69, 9.17) is 16.3 Å². The van der Waals surface area contributed by atoms with Crippen LogP contribution >= 0.6 is 11.6 Å². The third-order valence-corrected chi connectivity index (χ3v) is 4.77. The zero-order valence-electron chi connectivity index (χ0n) is 16.4. The van der Waals surface area contributed by atoms with Crippen molar-refractivity contribution in [1.29, 1.82) is 0 Å². The molecule has 0 aliphatic rings. The minimum absolute atomic E-state index is 0.117. The van der Waals surface area contributed by atoms with Gasteiger partial charge in [0.2, 0.25) is 5.91 Å². The molecule has 1 aromatic carbocycles. The van der Waals surface area contributed by atoms with Crippen LogP contribution in [0.4, 0.5) is 0 Å². The predicted molar refractivity (Wildman–Crippen MR) is 109 cm³/mol. The van der Waals surface area contributed by atoms with Crippen LogP contribution in [-0.4, -0.2) is 23.6 Å². The van der Waals surface area contributed by atoms with E-state index in [1.54, 1.807) is 0 Å². The Bertz CT molecular complexity index is 737. The highest BCUT2D eigenvalue weighted by atomic mass is 35.5. The Morgan fingerprint density at radius 1 is 1.27 bits per heavy atom. The third-order valence-electron chi connectivity index (χ3n) is 4.47. The molecule has 0 fully saturated rings. The number of aromatic nitrogens is 1. The van der Waals surface area contributed by atoms with E-state index >= 15 is 0 Å². The van der Waals surface area contributed by atoms with Gasteiger partial charge in [-0.1, -0.05) is 31.9 Å². The van der Waals surface area contributed by atoms with Gasteiger partial charge in [-0.3, -0.25) is 4.79 Å². The molecule has 5 heteroatoms. The summed E-state index contributed by atoms with van der Waals surface area (Å²) in [6, 6.07) is 4.39. The minimum Gasteiger partial charge on any atom is -0.492 e. The quantitative estimate of drug-likeness (QED) is 0.553. The molecule has 2 rings (SSSR count). The van der Waals surface area contributed by atoms with E-state index in [0.29, 0.717) is 30.6 Å². The summed E-state index contributed by atoms with van der Waals surface area (Å²) in [5, 5.41) is 4.80. The summed E-state index contributed by atoms with van der Waals surface area (Å²) in [5.74, 6) is 0.858. The number of fused-ring (bicyclic) bond motifs is 1. The van der Waals surface area contributed by atoms with Crippen molar-refractivity contribution in [3.63, 3.8) is 0 Å². The van der Waals surface area contributed by atoms with Crippen molar-refractivity contribution in [2.45, 2.75) is 65.8 Å². The van der Waals surface area contributed by atoms with Crippen LogP contribution in [-0.2, 0) is 11.2 Å². The molecule has 0 radical (unpaired) electrons. The Hall–Kier alpha value is -1.68. The van der Waals surface area contributed by atoms with Gasteiger partial charge in [-0.25, -0.2) is 0 Å². The van der Waals surface area contributed by atoms with E-state index in [1.165, 1.54) is 5.56 Å². The van der Waals surface area contributed by atoms with Gasteiger partial charge in [0, 0.05) is 30.6 Å². The number of carbonyl (C=O) groups is 1. The number of amides is 1. The minimum atomic E-state index is 0.117. The maximum atomic E-state index is 11.7. The molecule has 0 saturated heterocycles. The predicted octanol–water partition coefficient (Wildman–Crippen LogP) is 5.51. The number of ether oxygens (including phenoxy) is 1. The number of unbranched alkanes of at least 4 members (excludes halogenated alkanes) is 1. The molecule has 0 aliphatic carbocycles. The number of rotatable bonds is 10. The molecule has 0 atom stereocenters. The van der Waals surface area contributed by atoms with E-state index < -0.39 is 0 Å². The molecule has 0 unspecified atom stereocenters. The van der Waals surface area contributed by atoms with Gasteiger partial charge in [0.25, 0.3) is 0 Å². The topological polar surface area (TPSA) is 43.3 Å². The number of halogens is 1. The van der Waals surface area contributed by atoms with E-state index in [1.807, 2.05) is 13.0 Å². The van der Waals surface area contributed by atoms with Crippen LogP contribution in [0.15, 0.2) is 18.3 Å². The lowest BCUT2D eigenvalue weighted by molar-refractivity contribution is -0.121. The summed E-state index contributed by atoms with van der Waals surface area (Å²) in [5.41, 5.74) is 2.32. The molecule has 1 aromatic heterocycles. The first-order valence-corrected chi connectivity index (χ1v) is 10.1. The van der Waals surface area contributed by atoms with Crippen molar-refractivity contribution in [3.8, 4) is 5.75 Å². The van der Waals surface area contributed by atoms with E-state index in [9.17, 15) is 4.79 Å². The first-order chi connectivity index (χ1) is 12.5.